The predicted molar refractivity (Wildman–Crippen MR) is 53.5 cm³/mol. The van der Waals surface area contributed by atoms with Gasteiger partial charge in [0.1, 0.15) is 0 Å². The Morgan fingerprint density at radius 3 is 2.60 bits per heavy atom. The number of likely N-dealkylation sites (tertiary alicyclic amines) is 1. The van der Waals surface area contributed by atoms with Crippen molar-refractivity contribution in [3.05, 3.63) is 0 Å². The van der Waals surface area contributed by atoms with Crippen LogP contribution in [0.4, 0.5) is 13.2 Å². The summed E-state index contributed by atoms with van der Waals surface area (Å²) in [4.78, 5) is 1.89. The zero-order valence-electron chi connectivity index (χ0n) is 9.06. The van der Waals surface area contributed by atoms with Crippen LogP contribution in [-0.4, -0.2) is 36.8 Å². The Kier molecular flexibility index (Phi) is 4.40. The molecule has 2 N–H and O–H groups in total. The first kappa shape index (κ1) is 12.8. The Morgan fingerprint density at radius 2 is 2.07 bits per heavy atom. The Hall–Kier alpha value is -0.290. The molecule has 0 spiro atoms. The summed E-state index contributed by atoms with van der Waals surface area (Å²) >= 11 is 0. The second-order valence-corrected chi connectivity index (χ2v) is 4.32. The number of nitrogens with two attached hydrogens (primary N) is 1. The average molecular weight is 224 g/mol. The van der Waals surface area contributed by atoms with Crippen molar-refractivity contribution < 1.29 is 13.2 Å². The summed E-state index contributed by atoms with van der Waals surface area (Å²) in [5, 5.41) is 0. The van der Waals surface area contributed by atoms with Crippen molar-refractivity contribution in [2.75, 3.05) is 19.6 Å². The zero-order valence-corrected chi connectivity index (χ0v) is 9.06. The third-order valence-electron chi connectivity index (χ3n) is 3.15. The highest BCUT2D eigenvalue weighted by molar-refractivity contribution is 4.82. The molecule has 1 rings (SSSR count). The third-order valence-corrected chi connectivity index (χ3v) is 3.15. The van der Waals surface area contributed by atoms with E-state index in [0.717, 1.165) is 19.4 Å². The van der Waals surface area contributed by atoms with Crippen LogP contribution in [-0.2, 0) is 0 Å². The van der Waals surface area contributed by atoms with Gasteiger partial charge in [0.15, 0.2) is 0 Å². The van der Waals surface area contributed by atoms with Gasteiger partial charge in [-0.05, 0) is 25.3 Å². The standard InChI is InChI=1S/C10H19F3N2/c1-8-3-2-5-15(9(8)7-14)6-4-10(11,12)13/h8-9H,2-7,14H2,1H3. The van der Waals surface area contributed by atoms with E-state index in [1.54, 1.807) is 0 Å². The van der Waals surface area contributed by atoms with Crippen molar-refractivity contribution in [3.63, 3.8) is 0 Å². The van der Waals surface area contributed by atoms with Gasteiger partial charge in [0.2, 0.25) is 0 Å². The van der Waals surface area contributed by atoms with Gasteiger partial charge < -0.3 is 5.73 Å². The second kappa shape index (κ2) is 5.16. The van der Waals surface area contributed by atoms with Gasteiger partial charge in [-0.15, -0.1) is 0 Å². The van der Waals surface area contributed by atoms with Crippen LogP contribution in [0.15, 0.2) is 0 Å². The van der Waals surface area contributed by atoms with Crippen molar-refractivity contribution in [1.29, 1.82) is 0 Å². The van der Waals surface area contributed by atoms with Crippen LogP contribution >= 0.6 is 0 Å². The summed E-state index contributed by atoms with van der Waals surface area (Å²) in [6.45, 7) is 3.37. The fourth-order valence-corrected chi connectivity index (χ4v) is 2.26. The highest BCUT2D eigenvalue weighted by atomic mass is 19.4. The van der Waals surface area contributed by atoms with Crippen molar-refractivity contribution in [2.45, 2.75) is 38.4 Å². The van der Waals surface area contributed by atoms with Gasteiger partial charge in [-0.25, -0.2) is 0 Å². The first-order valence-corrected chi connectivity index (χ1v) is 5.45. The summed E-state index contributed by atoms with van der Waals surface area (Å²) in [6, 6.07) is 0.126. The maximum atomic E-state index is 12.1. The van der Waals surface area contributed by atoms with Crippen LogP contribution in [0.5, 0.6) is 0 Å². The maximum absolute atomic E-state index is 12.1. The maximum Gasteiger partial charge on any atom is 0.390 e. The minimum atomic E-state index is -4.06. The molecule has 90 valence electrons. The Morgan fingerprint density at radius 1 is 1.40 bits per heavy atom. The number of nitrogens with zero attached hydrogens (tertiary/aromatic N) is 1. The Labute approximate surface area is 88.6 Å². The number of rotatable bonds is 3. The molecule has 1 aliphatic heterocycles. The van der Waals surface area contributed by atoms with E-state index >= 15 is 0 Å². The SMILES string of the molecule is CC1CCCN(CCC(F)(F)F)C1CN. The third kappa shape index (κ3) is 3.99. The molecule has 2 atom stereocenters. The van der Waals surface area contributed by atoms with E-state index < -0.39 is 12.6 Å². The largest absolute Gasteiger partial charge is 0.390 e. The lowest BCUT2D eigenvalue weighted by molar-refractivity contribution is -0.140. The predicted octanol–water partition coefficient (Wildman–Crippen LogP) is 2.00. The van der Waals surface area contributed by atoms with E-state index in [1.165, 1.54) is 0 Å². The number of hydrogen-bond acceptors (Lipinski definition) is 2. The summed E-state index contributed by atoms with van der Waals surface area (Å²) in [6.07, 6.45) is -2.73. The van der Waals surface area contributed by atoms with Crippen LogP contribution in [0.2, 0.25) is 0 Å². The number of halogens is 3. The molecule has 2 unspecified atom stereocenters. The van der Waals surface area contributed by atoms with E-state index in [-0.39, 0.29) is 12.6 Å². The summed E-state index contributed by atoms with van der Waals surface area (Å²) < 4.78 is 36.2. The Bertz CT molecular complexity index is 194. The highest BCUT2D eigenvalue weighted by Gasteiger charge is 2.32. The number of alkyl halides is 3. The van der Waals surface area contributed by atoms with Crippen molar-refractivity contribution >= 4 is 0 Å². The fraction of sp³-hybridized carbons (Fsp3) is 1.00. The van der Waals surface area contributed by atoms with Gasteiger partial charge in [-0.2, -0.15) is 13.2 Å². The van der Waals surface area contributed by atoms with E-state index in [4.69, 9.17) is 5.73 Å². The molecule has 0 aromatic carbocycles. The quantitative estimate of drug-likeness (QED) is 0.794. The van der Waals surface area contributed by atoms with Crippen LogP contribution in [0.1, 0.15) is 26.2 Å². The minimum absolute atomic E-state index is 0.0930. The summed E-state index contributed by atoms with van der Waals surface area (Å²) in [5.74, 6) is 0.414. The van der Waals surface area contributed by atoms with Gasteiger partial charge in [0.05, 0.1) is 6.42 Å². The first-order chi connectivity index (χ1) is 6.94. The van der Waals surface area contributed by atoms with Gasteiger partial charge in [0, 0.05) is 19.1 Å². The zero-order chi connectivity index (χ0) is 11.5. The van der Waals surface area contributed by atoms with E-state index in [0.29, 0.717) is 12.5 Å². The first-order valence-electron chi connectivity index (χ1n) is 5.45. The molecule has 1 fully saturated rings. The van der Waals surface area contributed by atoms with Crippen LogP contribution < -0.4 is 5.73 Å². The van der Waals surface area contributed by atoms with E-state index in [9.17, 15) is 13.2 Å². The lowest BCUT2D eigenvalue weighted by Crippen LogP contribution is -2.49. The lowest BCUT2D eigenvalue weighted by atomic mass is 9.91. The van der Waals surface area contributed by atoms with E-state index in [2.05, 4.69) is 6.92 Å². The van der Waals surface area contributed by atoms with Crippen molar-refractivity contribution in [1.82, 2.24) is 4.90 Å². The molecule has 0 radical (unpaired) electrons. The molecule has 15 heavy (non-hydrogen) atoms. The molecule has 1 aliphatic rings. The highest BCUT2D eigenvalue weighted by Crippen LogP contribution is 2.25. The second-order valence-electron chi connectivity index (χ2n) is 4.32. The minimum Gasteiger partial charge on any atom is -0.329 e. The molecule has 0 aromatic rings. The van der Waals surface area contributed by atoms with Gasteiger partial charge in [-0.1, -0.05) is 6.92 Å². The van der Waals surface area contributed by atoms with Gasteiger partial charge >= 0.3 is 6.18 Å². The van der Waals surface area contributed by atoms with Gasteiger partial charge in [0.25, 0.3) is 0 Å². The summed E-state index contributed by atoms with van der Waals surface area (Å²) in [5.41, 5.74) is 5.60. The topological polar surface area (TPSA) is 29.3 Å². The molecule has 5 heteroatoms. The molecular formula is C10H19F3N2. The fourth-order valence-electron chi connectivity index (χ4n) is 2.26. The molecule has 1 saturated heterocycles. The van der Waals surface area contributed by atoms with E-state index in [1.807, 2.05) is 4.90 Å². The molecule has 1 heterocycles. The average Bonchev–Trinajstić information content (AvgIpc) is 2.13. The van der Waals surface area contributed by atoms with Crippen molar-refractivity contribution in [3.8, 4) is 0 Å². The van der Waals surface area contributed by atoms with Crippen LogP contribution in [0.3, 0.4) is 0 Å². The molecule has 0 aliphatic carbocycles. The van der Waals surface area contributed by atoms with Gasteiger partial charge in [-0.3, -0.25) is 4.90 Å². The smallest absolute Gasteiger partial charge is 0.329 e. The normalized spacial score (nSPS) is 29.4. The molecule has 0 bridgehead atoms. The number of hydrogen-bond donors (Lipinski definition) is 1. The molecule has 0 saturated carbocycles. The molecule has 0 aromatic heterocycles. The van der Waals surface area contributed by atoms with Crippen molar-refractivity contribution in [2.24, 2.45) is 11.7 Å². The van der Waals surface area contributed by atoms with Crippen LogP contribution in [0, 0.1) is 5.92 Å². The molecule has 2 nitrogen and oxygen atoms in total. The lowest BCUT2D eigenvalue weighted by Gasteiger charge is -2.39. The molecular weight excluding hydrogens is 205 g/mol. The Balaban J connectivity index is 2.44. The molecule has 0 amide bonds. The number of piperidine rings is 1. The monoisotopic (exact) mass is 224 g/mol. The van der Waals surface area contributed by atoms with Crippen LogP contribution in [0.25, 0.3) is 0 Å². The summed E-state index contributed by atoms with van der Waals surface area (Å²) in [7, 11) is 0.